The summed E-state index contributed by atoms with van der Waals surface area (Å²) in [5, 5.41) is 3.22. The second kappa shape index (κ2) is 5.80. The highest BCUT2D eigenvalue weighted by molar-refractivity contribution is 5.71. The molecule has 0 atom stereocenters. The predicted octanol–water partition coefficient (Wildman–Crippen LogP) is 4.65. The van der Waals surface area contributed by atoms with Crippen LogP contribution < -0.4 is 5.32 Å². The lowest BCUT2D eigenvalue weighted by Crippen LogP contribution is -2.10. The van der Waals surface area contributed by atoms with E-state index >= 15 is 0 Å². The molecular formula is C19H23N. The molecule has 1 N–H and O–H groups in total. The Balaban J connectivity index is 2.00. The number of hydrogen-bond acceptors (Lipinski definition) is 1. The van der Waals surface area contributed by atoms with Gasteiger partial charge in [-0.25, -0.2) is 0 Å². The first-order valence-electron chi connectivity index (χ1n) is 7.63. The lowest BCUT2D eigenvalue weighted by atomic mass is 9.77. The molecule has 1 fully saturated rings. The maximum atomic E-state index is 3.22. The highest BCUT2D eigenvalue weighted by Crippen LogP contribution is 2.41. The van der Waals surface area contributed by atoms with Crippen molar-refractivity contribution in [2.75, 3.05) is 7.05 Å². The van der Waals surface area contributed by atoms with E-state index in [1.807, 2.05) is 7.05 Å². The standard InChI is InChI=1S/C19H23N/c1-14-12-15(13-20-2)10-11-17(14)19-9-4-3-8-18(19)16-6-5-7-16/h3-4,8-12,16,20H,5-7,13H2,1-2H3. The van der Waals surface area contributed by atoms with Crippen LogP contribution in [0.1, 0.15) is 41.9 Å². The van der Waals surface area contributed by atoms with Crippen molar-refractivity contribution in [2.24, 2.45) is 0 Å². The third-order valence-corrected chi connectivity index (χ3v) is 4.47. The zero-order valence-corrected chi connectivity index (χ0v) is 12.4. The van der Waals surface area contributed by atoms with Crippen molar-refractivity contribution in [3.63, 3.8) is 0 Å². The van der Waals surface area contributed by atoms with Gasteiger partial charge in [0, 0.05) is 6.54 Å². The van der Waals surface area contributed by atoms with Gasteiger partial charge in [0.1, 0.15) is 0 Å². The molecule has 1 aliphatic carbocycles. The topological polar surface area (TPSA) is 12.0 Å². The fraction of sp³-hybridized carbons (Fsp3) is 0.368. The molecule has 0 unspecified atom stereocenters. The maximum Gasteiger partial charge on any atom is 0.0202 e. The zero-order chi connectivity index (χ0) is 13.9. The van der Waals surface area contributed by atoms with Crippen LogP contribution in [-0.4, -0.2) is 7.05 Å². The number of benzene rings is 2. The number of rotatable bonds is 4. The Morgan fingerprint density at radius 1 is 1.05 bits per heavy atom. The summed E-state index contributed by atoms with van der Waals surface area (Å²) in [6.07, 6.45) is 4.10. The Bertz CT molecular complexity index is 596. The van der Waals surface area contributed by atoms with Gasteiger partial charge in [0.25, 0.3) is 0 Å². The number of hydrogen-bond donors (Lipinski definition) is 1. The van der Waals surface area contributed by atoms with E-state index in [4.69, 9.17) is 0 Å². The molecule has 1 heteroatoms. The molecule has 0 bridgehead atoms. The van der Waals surface area contributed by atoms with Crippen LogP contribution in [0.25, 0.3) is 11.1 Å². The predicted molar refractivity (Wildman–Crippen MR) is 86.0 cm³/mol. The van der Waals surface area contributed by atoms with Gasteiger partial charge in [0.05, 0.1) is 0 Å². The van der Waals surface area contributed by atoms with E-state index < -0.39 is 0 Å². The molecule has 3 rings (SSSR count). The van der Waals surface area contributed by atoms with Crippen LogP contribution in [0.3, 0.4) is 0 Å². The largest absolute Gasteiger partial charge is 0.316 e. The fourth-order valence-corrected chi connectivity index (χ4v) is 3.16. The third kappa shape index (κ3) is 2.51. The van der Waals surface area contributed by atoms with Crippen LogP contribution in [-0.2, 0) is 6.54 Å². The average Bonchev–Trinajstić information content (AvgIpc) is 2.38. The minimum Gasteiger partial charge on any atom is -0.316 e. The van der Waals surface area contributed by atoms with Gasteiger partial charge in [0.15, 0.2) is 0 Å². The lowest BCUT2D eigenvalue weighted by molar-refractivity contribution is 0.420. The van der Waals surface area contributed by atoms with Gasteiger partial charge in [-0.05, 0) is 60.5 Å². The van der Waals surface area contributed by atoms with Crippen molar-refractivity contribution < 1.29 is 0 Å². The minimum absolute atomic E-state index is 0.780. The van der Waals surface area contributed by atoms with E-state index in [-0.39, 0.29) is 0 Å². The first-order valence-corrected chi connectivity index (χ1v) is 7.63. The molecule has 0 saturated heterocycles. The molecule has 0 spiro atoms. The summed E-state index contributed by atoms with van der Waals surface area (Å²) < 4.78 is 0. The van der Waals surface area contributed by atoms with Crippen molar-refractivity contribution in [2.45, 2.75) is 38.6 Å². The normalized spacial score (nSPS) is 15.1. The molecule has 1 saturated carbocycles. The molecule has 2 aromatic rings. The van der Waals surface area contributed by atoms with E-state index in [9.17, 15) is 0 Å². The Labute approximate surface area is 122 Å². The first-order chi connectivity index (χ1) is 9.79. The van der Waals surface area contributed by atoms with Crippen LogP contribution in [0, 0.1) is 6.92 Å². The third-order valence-electron chi connectivity index (χ3n) is 4.47. The minimum atomic E-state index is 0.780. The first kappa shape index (κ1) is 13.4. The number of aryl methyl sites for hydroxylation is 1. The zero-order valence-electron chi connectivity index (χ0n) is 12.4. The highest BCUT2D eigenvalue weighted by Gasteiger charge is 2.22. The number of nitrogens with one attached hydrogen (secondary N) is 1. The Morgan fingerprint density at radius 2 is 1.85 bits per heavy atom. The summed E-state index contributed by atoms with van der Waals surface area (Å²) in [4.78, 5) is 0. The summed E-state index contributed by atoms with van der Waals surface area (Å²) in [5.74, 6) is 0.780. The average molecular weight is 265 g/mol. The van der Waals surface area contributed by atoms with Gasteiger partial charge < -0.3 is 5.32 Å². The van der Waals surface area contributed by atoms with E-state index in [0.29, 0.717) is 0 Å². The van der Waals surface area contributed by atoms with Crippen molar-refractivity contribution in [3.05, 3.63) is 59.2 Å². The lowest BCUT2D eigenvalue weighted by Gasteiger charge is -2.28. The quantitative estimate of drug-likeness (QED) is 0.848. The molecule has 104 valence electrons. The molecule has 2 aromatic carbocycles. The van der Waals surface area contributed by atoms with Gasteiger partial charge in [0.2, 0.25) is 0 Å². The van der Waals surface area contributed by atoms with E-state index in [2.05, 4.69) is 54.7 Å². The Kier molecular flexibility index (Phi) is 3.88. The monoisotopic (exact) mass is 265 g/mol. The SMILES string of the molecule is CNCc1ccc(-c2ccccc2C2CCC2)c(C)c1. The van der Waals surface area contributed by atoms with Crippen LogP contribution in [0.2, 0.25) is 0 Å². The molecule has 1 nitrogen and oxygen atoms in total. The van der Waals surface area contributed by atoms with Crippen LogP contribution in [0.15, 0.2) is 42.5 Å². The summed E-state index contributed by atoms with van der Waals surface area (Å²) in [6, 6.07) is 15.8. The highest BCUT2D eigenvalue weighted by atomic mass is 14.8. The molecule has 1 aliphatic rings. The van der Waals surface area contributed by atoms with Gasteiger partial charge in [-0.1, -0.05) is 48.9 Å². The summed E-state index contributed by atoms with van der Waals surface area (Å²) in [7, 11) is 2.00. The van der Waals surface area contributed by atoms with Crippen molar-refractivity contribution >= 4 is 0 Å². The second-order valence-electron chi connectivity index (χ2n) is 5.89. The maximum absolute atomic E-state index is 3.22. The fourth-order valence-electron chi connectivity index (χ4n) is 3.16. The van der Waals surface area contributed by atoms with Crippen molar-refractivity contribution in [3.8, 4) is 11.1 Å². The summed E-state index contributed by atoms with van der Waals surface area (Å²) >= 11 is 0. The summed E-state index contributed by atoms with van der Waals surface area (Å²) in [5.41, 5.74) is 7.11. The van der Waals surface area contributed by atoms with Gasteiger partial charge in [-0.3, -0.25) is 0 Å². The van der Waals surface area contributed by atoms with Crippen molar-refractivity contribution in [1.29, 1.82) is 0 Å². The van der Waals surface area contributed by atoms with Gasteiger partial charge in [-0.2, -0.15) is 0 Å². The van der Waals surface area contributed by atoms with Crippen LogP contribution in [0.4, 0.5) is 0 Å². The summed E-state index contributed by atoms with van der Waals surface area (Å²) in [6.45, 7) is 3.16. The molecular weight excluding hydrogens is 242 g/mol. The molecule has 0 radical (unpaired) electrons. The van der Waals surface area contributed by atoms with Gasteiger partial charge in [-0.15, -0.1) is 0 Å². The molecule has 0 aromatic heterocycles. The Morgan fingerprint density at radius 3 is 2.50 bits per heavy atom. The smallest absolute Gasteiger partial charge is 0.0202 e. The van der Waals surface area contributed by atoms with E-state index in [1.54, 1.807) is 5.56 Å². The molecule has 0 amide bonds. The second-order valence-corrected chi connectivity index (χ2v) is 5.89. The molecule has 0 aliphatic heterocycles. The van der Waals surface area contributed by atoms with Crippen LogP contribution >= 0.6 is 0 Å². The Hall–Kier alpha value is -1.60. The van der Waals surface area contributed by atoms with Crippen LogP contribution in [0.5, 0.6) is 0 Å². The molecule has 20 heavy (non-hydrogen) atoms. The van der Waals surface area contributed by atoms with E-state index in [0.717, 1.165) is 12.5 Å². The van der Waals surface area contributed by atoms with Crippen molar-refractivity contribution in [1.82, 2.24) is 5.32 Å². The molecule has 0 heterocycles. The van der Waals surface area contributed by atoms with Gasteiger partial charge >= 0.3 is 0 Å². The van der Waals surface area contributed by atoms with E-state index in [1.165, 1.54) is 41.5 Å².